The van der Waals surface area contributed by atoms with Crippen molar-refractivity contribution in [1.82, 2.24) is 0 Å². The molecule has 0 aliphatic carbocycles. The zero-order valence-corrected chi connectivity index (χ0v) is 12.4. The molecule has 0 spiro atoms. The third-order valence-corrected chi connectivity index (χ3v) is 3.79. The quantitative estimate of drug-likeness (QED) is 0.818. The first-order valence-corrected chi connectivity index (χ1v) is 7.26. The van der Waals surface area contributed by atoms with E-state index in [2.05, 4.69) is 0 Å². The highest BCUT2D eigenvalue weighted by Crippen LogP contribution is 2.26. The summed E-state index contributed by atoms with van der Waals surface area (Å²) in [6.45, 7) is 2.11. The fraction of sp³-hybridized carbons (Fsp3) is 0.294. The first-order valence-electron chi connectivity index (χ1n) is 7.26. The molecule has 114 valence electrons. The normalized spacial score (nSPS) is 13.6. The number of rotatable bonds is 3. The second-order valence-electron chi connectivity index (χ2n) is 5.29. The van der Waals surface area contributed by atoms with Crippen molar-refractivity contribution < 1.29 is 18.7 Å². The summed E-state index contributed by atoms with van der Waals surface area (Å²) in [6, 6.07) is 9.49. The van der Waals surface area contributed by atoms with Gasteiger partial charge in [-0.25, -0.2) is 4.79 Å². The van der Waals surface area contributed by atoms with Crippen LogP contribution >= 0.6 is 0 Å². The maximum atomic E-state index is 12.3. The zero-order valence-electron chi connectivity index (χ0n) is 12.4. The molecule has 1 aromatic carbocycles. The van der Waals surface area contributed by atoms with Crippen LogP contribution < -0.4 is 4.90 Å². The van der Waals surface area contributed by atoms with Crippen LogP contribution in [0.3, 0.4) is 0 Å². The van der Waals surface area contributed by atoms with Gasteiger partial charge in [-0.3, -0.25) is 4.79 Å². The van der Waals surface area contributed by atoms with Gasteiger partial charge in [0.2, 0.25) is 5.76 Å². The van der Waals surface area contributed by atoms with Gasteiger partial charge in [-0.1, -0.05) is 18.2 Å². The van der Waals surface area contributed by atoms with Crippen molar-refractivity contribution in [3.8, 4) is 0 Å². The highest BCUT2D eigenvalue weighted by molar-refractivity contribution is 5.97. The molecule has 0 atom stereocenters. The SMILES string of the molecule is Cc1ccoc1C(=O)OCC(=O)N1CCCc2ccccc21. The van der Waals surface area contributed by atoms with Crippen LogP contribution in [0, 0.1) is 6.92 Å². The minimum atomic E-state index is -0.610. The lowest BCUT2D eigenvalue weighted by atomic mass is 10.0. The number of hydrogen-bond donors (Lipinski definition) is 0. The Hall–Kier alpha value is -2.56. The molecule has 1 aliphatic rings. The molecule has 5 heteroatoms. The van der Waals surface area contributed by atoms with Crippen molar-refractivity contribution in [2.45, 2.75) is 19.8 Å². The van der Waals surface area contributed by atoms with Gasteiger partial charge in [-0.15, -0.1) is 0 Å². The van der Waals surface area contributed by atoms with Crippen molar-refractivity contribution >= 4 is 17.6 Å². The average Bonchev–Trinajstić information content (AvgIpc) is 2.98. The number of carbonyl (C=O) groups excluding carboxylic acids is 2. The summed E-state index contributed by atoms with van der Waals surface area (Å²) in [5.41, 5.74) is 2.75. The highest BCUT2D eigenvalue weighted by atomic mass is 16.5. The summed E-state index contributed by atoms with van der Waals surface area (Å²) in [4.78, 5) is 25.9. The smallest absolute Gasteiger partial charge is 0.375 e. The van der Waals surface area contributed by atoms with E-state index in [0.717, 1.165) is 24.1 Å². The van der Waals surface area contributed by atoms with Crippen LogP contribution in [-0.2, 0) is 16.0 Å². The third-order valence-electron chi connectivity index (χ3n) is 3.79. The third kappa shape index (κ3) is 2.74. The van der Waals surface area contributed by atoms with Gasteiger partial charge in [-0.2, -0.15) is 0 Å². The second kappa shape index (κ2) is 6.05. The summed E-state index contributed by atoms with van der Waals surface area (Å²) in [6.07, 6.45) is 3.30. The Morgan fingerprint density at radius 1 is 1.27 bits per heavy atom. The number of amides is 1. The van der Waals surface area contributed by atoms with E-state index in [0.29, 0.717) is 12.1 Å². The fourth-order valence-electron chi connectivity index (χ4n) is 2.65. The molecule has 2 aromatic rings. The lowest BCUT2D eigenvalue weighted by Crippen LogP contribution is -2.38. The lowest BCUT2D eigenvalue weighted by Gasteiger charge is -2.29. The number of para-hydroxylation sites is 1. The molecule has 5 nitrogen and oxygen atoms in total. The van der Waals surface area contributed by atoms with E-state index in [1.54, 1.807) is 17.9 Å². The van der Waals surface area contributed by atoms with E-state index in [4.69, 9.17) is 9.15 Å². The number of hydrogen-bond acceptors (Lipinski definition) is 4. The molecule has 1 aliphatic heterocycles. The van der Waals surface area contributed by atoms with Gasteiger partial charge in [0.05, 0.1) is 6.26 Å². The standard InChI is InChI=1S/C17H17NO4/c1-12-8-10-21-16(12)17(20)22-11-15(19)18-9-4-6-13-5-2-3-7-14(13)18/h2-3,5,7-8,10H,4,6,9,11H2,1H3. The summed E-state index contributed by atoms with van der Waals surface area (Å²) < 4.78 is 10.1. The van der Waals surface area contributed by atoms with Gasteiger partial charge >= 0.3 is 5.97 Å². The monoisotopic (exact) mass is 299 g/mol. The van der Waals surface area contributed by atoms with E-state index in [9.17, 15) is 9.59 Å². The molecular formula is C17H17NO4. The number of esters is 1. The van der Waals surface area contributed by atoms with Crippen molar-refractivity contribution in [2.75, 3.05) is 18.1 Å². The topological polar surface area (TPSA) is 59.8 Å². The van der Waals surface area contributed by atoms with Crippen LogP contribution in [0.2, 0.25) is 0 Å². The van der Waals surface area contributed by atoms with Gasteiger partial charge < -0.3 is 14.1 Å². The second-order valence-corrected chi connectivity index (χ2v) is 5.29. The molecule has 0 N–H and O–H groups in total. The molecule has 1 amide bonds. The predicted octanol–water partition coefficient (Wildman–Crippen LogP) is 2.72. The lowest BCUT2D eigenvalue weighted by molar-refractivity contribution is -0.121. The van der Waals surface area contributed by atoms with Crippen LogP contribution in [0.1, 0.15) is 28.1 Å². The van der Waals surface area contributed by atoms with E-state index >= 15 is 0 Å². The maximum Gasteiger partial charge on any atom is 0.375 e. The van der Waals surface area contributed by atoms with Crippen molar-refractivity contribution in [1.29, 1.82) is 0 Å². The average molecular weight is 299 g/mol. The zero-order chi connectivity index (χ0) is 15.5. The van der Waals surface area contributed by atoms with Gasteiger partial charge in [0.1, 0.15) is 0 Å². The van der Waals surface area contributed by atoms with Crippen LogP contribution in [0.15, 0.2) is 41.0 Å². The number of carbonyl (C=O) groups is 2. The molecule has 0 saturated heterocycles. The van der Waals surface area contributed by atoms with Crippen molar-refractivity contribution in [3.05, 3.63) is 53.5 Å². The van der Waals surface area contributed by atoms with E-state index in [1.807, 2.05) is 24.3 Å². The van der Waals surface area contributed by atoms with Gasteiger partial charge in [0, 0.05) is 17.8 Å². The Bertz CT molecular complexity index is 704. The fourth-order valence-corrected chi connectivity index (χ4v) is 2.65. The Kier molecular flexibility index (Phi) is 3.96. The first kappa shape index (κ1) is 14.4. The number of anilines is 1. The van der Waals surface area contributed by atoms with Crippen LogP contribution in [0.5, 0.6) is 0 Å². The van der Waals surface area contributed by atoms with Crippen LogP contribution in [0.25, 0.3) is 0 Å². The Morgan fingerprint density at radius 2 is 2.09 bits per heavy atom. The van der Waals surface area contributed by atoms with Crippen molar-refractivity contribution in [3.63, 3.8) is 0 Å². The maximum absolute atomic E-state index is 12.3. The van der Waals surface area contributed by atoms with Crippen LogP contribution in [-0.4, -0.2) is 25.0 Å². The molecule has 1 aromatic heterocycles. The number of ether oxygens (including phenoxy) is 1. The van der Waals surface area contributed by atoms with E-state index in [1.165, 1.54) is 6.26 Å². The Morgan fingerprint density at radius 3 is 2.86 bits per heavy atom. The van der Waals surface area contributed by atoms with Gasteiger partial charge in [0.25, 0.3) is 5.91 Å². The first-order chi connectivity index (χ1) is 10.7. The molecule has 0 fully saturated rings. The number of fused-ring (bicyclic) bond motifs is 1. The molecule has 0 radical (unpaired) electrons. The summed E-state index contributed by atoms with van der Waals surface area (Å²) in [7, 11) is 0. The summed E-state index contributed by atoms with van der Waals surface area (Å²) in [5, 5.41) is 0. The summed E-state index contributed by atoms with van der Waals surface area (Å²) in [5.74, 6) is -0.683. The Labute approximate surface area is 128 Å². The number of aryl methyl sites for hydroxylation is 2. The van der Waals surface area contributed by atoms with E-state index < -0.39 is 5.97 Å². The minimum Gasteiger partial charge on any atom is -0.457 e. The molecule has 0 bridgehead atoms. The van der Waals surface area contributed by atoms with Gasteiger partial charge in [0.15, 0.2) is 6.61 Å². The Balaban J connectivity index is 1.66. The molecule has 3 rings (SSSR count). The van der Waals surface area contributed by atoms with Crippen LogP contribution in [0.4, 0.5) is 5.69 Å². The molecule has 0 saturated carbocycles. The summed E-state index contributed by atoms with van der Waals surface area (Å²) >= 11 is 0. The molecule has 2 heterocycles. The molecule has 0 unspecified atom stereocenters. The molecular weight excluding hydrogens is 282 g/mol. The largest absolute Gasteiger partial charge is 0.457 e. The van der Waals surface area contributed by atoms with E-state index in [-0.39, 0.29) is 18.3 Å². The van der Waals surface area contributed by atoms with Crippen molar-refractivity contribution in [2.24, 2.45) is 0 Å². The number of furan rings is 1. The highest BCUT2D eigenvalue weighted by Gasteiger charge is 2.24. The minimum absolute atomic E-state index is 0.145. The number of benzene rings is 1. The predicted molar refractivity (Wildman–Crippen MR) is 80.8 cm³/mol. The molecule has 22 heavy (non-hydrogen) atoms. The number of nitrogens with zero attached hydrogens (tertiary/aromatic N) is 1. The van der Waals surface area contributed by atoms with Gasteiger partial charge in [-0.05, 0) is 37.5 Å².